The van der Waals surface area contributed by atoms with Gasteiger partial charge in [0.1, 0.15) is 5.82 Å². The van der Waals surface area contributed by atoms with Crippen LogP contribution in [0.4, 0.5) is 4.39 Å². The molecule has 1 saturated heterocycles. The maximum atomic E-state index is 13.5. The first-order valence-electron chi connectivity index (χ1n) is 5.22. The van der Waals surface area contributed by atoms with Crippen LogP contribution < -0.4 is 0 Å². The molecule has 1 aromatic carbocycles. The zero-order valence-corrected chi connectivity index (χ0v) is 10.6. The van der Waals surface area contributed by atoms with Gasteiger partial charge in [-0.05, 0) is 12.1 Å². The van der Waals surface area contributed by atoms with E-state index in [1.807, 2.05) is 6.92 Å². The van der Waals surface area contributed by atoms with Crippen molar-refractivity contribution in [1.82, 2.24) is 0 Å². The van der Waals surface area contributed by atoms with Gasteiger partial charge in [-0.15, -0.1) is 11.8 Å². The third-order valence-electron chi connectivity index (χ3n) is 2.59. The molecule has 0 amide bonds. The standard InChI is InChI=1S/C12H13FOS2/c1-8-12(16-7-6-15-8)11(14)9-4-2-3-5-10(9)13/h2-5,8,12H,6-7H2,1H3. The van der Waals surface area contributed by atoms with E-state index in [0.717, 1.165) is 11.5 Å². The second-order valence-electron chi connectivity index (χ2n) is 3.71. The Kier molecular flexibility index (Phi) is 3.92. The topological polar surface area (TPSA) is 17.1 Å². The van der Waals surface area contributed by atoms with Crippen molar-refractivity contribution in [1.29, 1.82) is 0 Å². The minimum atomic E-state index is -0.407. The quantitative estimate of drug-likeness (QED) is 0.756. The average molecular weight is 256 g/mol. The largest absolute Gasteiger partial charge is 0.293 e. The highest BCUT2D eigenvalue weighted by molar-refractivity contribution is 8.07. The van der Waals surface area contributed by atoms with E-state index in [2.05, 4.69) is 0 Å². The minimum absolute atomic E-state index is 0.0669. The molecule has 16 heavy (non-hydrogen) atoms. The summed E-state index contributed by atoms with van der Waals surface area (Å²) in [5.74, 6) is 1.57. The number of rotatable bonds is 2. The van der Waals surface area contributed by atoms with E-state index in [9.17, 15) is 9.18 Å². The molecule has 1 aromatic rings. The first-order chi connectivity index (χ1) is 7.70. The summed E-state index contributed by atoms with van der Waals surface area (Å²) >= 11 is 3.44. The normalized spacial score (nSPS) is 25.4. The van der Waals surface area contributed by atoms with Crippen LogP contribution in [0.25, 0.3) is 0 Å². The number of Topliss-reactive ketones (excluding diaryl/α,β-unsaturated/α-hetero) is 1. The smallest absolute Gasteiger partial charge is 0.179 e. The predicted octanol–water partition coefficient (Wildman–Crippen LogP) is 3.25. The predicted molar refractivity (Wildman–Crippen MR) is 68.9 cm³/mol. The van der Waals surface area contributed by atoms with E-state index >= 15 is 0 Å². The van der Waals surface area contributed by atoms with Crippen LogP contribution in [-0.2, 0) is 0 Å². The van der Waals surface area contributed by atoms with E-state index in [1.54, 1.807) is 41.7 Å². The van der Waals surface area contributed by atoms with Gasteiger partial charge < -0.3 is 0 Å². The zero-order chi connectivity index (χ0) is 11.5. The zero-order valence-electron chi connectivity index (χ0n) is 8.98. The van der Waals surface area contributed by atoms with Crippen molar-refractivity contribution in [3.8, 4) is 0 Å². The number of halogens is 1. The number of carbonyl (C=O) groups is 1. The molecule has 2 rings (SSSR count). The molecule has 1 aliphatic rings. The third-order valence-corrected chi connectivity index (χ3v) is 5.68. The second kappa shape index (κ2) is 5.23. The SMILES string of the molecule is CC1SCCSC1C(=O)c1ccccc1F. The van der Waals surface area contributed by atoms with E-state index in [0.29, 0.717) is 0 Å². The van der Waals surface area contributed by atoms with Gasteiger partial charge in [-0.25, -0.2) is 4.39 Å². The van der Waals surface area contributed by atoms with Crippen LogP contribution in [0.1, 0.15) is 17.3 Å². The van der Waals surface area contributed by atoms with Gasteiger partial charge in [0.15, 0.2) is 5.78 Å². The van der Waals surface area contributed by atoms with Crippen LogP contribution in [0.2, 0.25) is 0 Å². The maximum Gasteiger partial charge on any atom is 0.179 e. The van der Waals surface area contributed by atoms with Crippen molar-refractivity contribution in [3.63, 3.8) is 0 Å². The first-order valence-corrected chi connectivity index (χ1v) is 7.32. The molecule has 1 heterocycles. The molecule has 1 aliphatic heterocycles. The third kappa shape index (κ3) is 2.43. The molecule has 4 heteroatoms. The van der Waals surface area contributed by atoms with Crippen LogP contribution in [0.5, 0.6) is 0 Å². The summed E-state index contributed by atoms with van der Waals surface area (Å²) < 4.78 is 13.5. The number of thioether (sulfide) groups is 2. The molecule has 86 valence electrons. The van der Waals surface area contributed by atoms with E-state index < -0.39 is 5.82 Å². The summed E-state index contributed by atoms with van der Waals surface area (Å²) in [5, 5.41) is 0.168. The van der Waals surface area contributed by atoms with Crippen LogP contribution >= 0.6 is 23.5 Å². The van der Waals surface area contributed by atoms with Crippen molar-refractivity contribution in [3.05, 3.63) is 35.6 Å². The average Bonchev–Trinajstić information content (AvgIpc) is 2.29. The van der Waals surface area contributed by atoms with Gasteiger partial charge >= 0.3 is 0 Å². The summed E-state index contributed by atoms with van der Waals surface area (Å²) in [6.07, 6.45) is 0. The van der Waals surface area contributed by atoms with Crippen molar-refractivity contribution >= 4 is 29.3 Å². The summed E-state index contributed by atoms with van der Waals surface area (Å²) in [6.45, 7) is 2.04. The second-order valence-corrected chi connectivity index (χ2v) is 6.45. The molecule has 0 aliphatic carbocycles. The lowest BCUT2D eigenvalue weighted by molar-refractivity contribution is 0.0985. The molecular formula is C12H13FOS2. The Hall–Kier alpha value is -0.480. The van der Waals surface area contributed by atoms with Crippen molar-refractivity contribution in [2.75, 3.05) is 11.5 Å². The molecule has 0 radical (unpaired) electrons. The highest BCUT2D eigenvalue weighted by Gasteiger charge is 2.30. The van der Waals surface area contributed by atoms with Crippen LogP contribution in [-0.4, -0.2) is 27.8 Å². The Morgan fingerprint density at radius 2 is 2.00 bits per heavy atom. The fourth-order valence-electron chi connectivity index (χ4n) is 1.74. The lowest BCUT2D eigenvalue weighted by atomic mass is 10.1. The van der Waals surface area contributed by atoms with E-state index in [4.69, 9.17) is 0 Å². The number of hydrogen-bond acceptors (Lipinski definition) is 3. The Morgan fingerprint density at radius 1 is 1.31 bits per heavy atom. The first kappa shape index (κ1) is 12.0. The van der Waals surface area contributed by atoms with Gasteiger partial charge in [0.05, 0.1) is 10.8 Å². The lowest BCUT2D eigenvalue weighted by Crippen LogP contribution is -2.31. The highest BCUT2D eigenvalue weighted by atomic mass is 32.2. The molecule has 2 atom stereocenters. The maximum absolute atomic E-state index is 13.5. The van der Waals surface area contributed by atoms with Crippen molar-refractivity contribution in [2.24, 2.45) is 0 Å². The van der Waals surface area contributed by atoms with E-state index in [1.165, 1.54) is 6.07 Å². The molecule has 2 unspecified atom stereocenters. The van der Waals surface area contributed by atoms with Gasteiger partial charge in [0.25, 0.3) is 0 Å². The number of carbonyl (C=O) groups excluding carboxylic acids is 1. The molecule has 0 spiro atoms. The number of hydrogen-bond donors (Lipinski definition) is 0. The Bertz CT molecular complexity index is 394. The Morgan fingerprint density at radius 3 is 2.69 bits per heavy atom. The van der Waals surface area contributed by atoms with Crippen LogP contribution in [0.15, 0.2) is 24.3 Å². The lowest BCUT2D eigenvalue weighted by Gasteiger charge is -2.26. The van der Waals surface area contributed by atoms with Crippen LogP contribution in [0, 0.1) is 5.82 Å². The summed E-state index contributed by atoms with van der Waals surface area (Å²) in [7, 11) is 0. The molecular weight excluding hydrogens is 243 g/mol. The van der Waals surface area contributed by atoms with Gasteiger partial charge in [0, 0.05) is 16.8 Å². The monoisotopic (exact) mass is 256 g/mol. The van der Waals surface area contributed by atoms with Crippen LogP contribution in [0.3, 0.4) is 0 Å². The summed E-state index contributed by atoms with van der Waals surface area (Å²) in [6, 6.07) is 6.24. The molecule has 0 N–H and O–H groups in total. The Labute approximate surface area is 103 Å². The number of benzene rings is 1. The summed E-state index contributed by atoms with van der Waals surface area (Å²) in [5.41, 5.74) is 0.231. The highest BCUT2D eigenvalue weighted by Crippen LogP contribution is 2.33. The van der Waals surface area contributed by atoms with Crippen molar-refractivity contribution in [2.45, 2.75) is 17.4 Å². The van der Waals surface area contributed by atoms with Crippen molar-refractivity contribution < 1.29 is 9.18 Å². The molecule has 0 aromatic heterocycles. The molecule has 1 nitrogen and oxygen atoms in total. The minimum Gasteiger partial charge on any atom is -0.293 e. The Balaban J connectivity index is 2.21. The fourth-order valence-corrected chi connectivity index (χ4v) is 4.45. The van der Waals surface area contributed by atoms with Gasteiger partial charge in [-0.3, -0.25) is 4.79 Å². The van der Waals surface area contributed by atoms with E-state index in [-0.39, 0.29) is 21.8 Å². The number of ketones is 1. The fraction of sp³-hybridized carbons (Fsp3) is 0.417. The molecule has 0 saturated carbocycles. The summed E-state index contributed by atoms with van der Waals surface area (Å²) in [4.78, 5) is 12.2. The molecule has 1 fully saturated rings. The molecule has 0 bridgehead atoms. The van der Waals surface area contributed by atoms with Gasteiger partial charge in [-0.1, -0.05) is 19.1 Å². The van der Waals surface area contributed by atoms with Gasteiger partial charge in [-0.2, -0.15) is 11.8 Å². The van der Waals surface area contributed by atoms with Gasteiger partial charge in [0.2, 0.25) is 0 Å².